The summed E-state index contributed by atoms with van der Waals surface area (Å²) in [7, 11) is 0. The number of ketones is 1. The smallest absolute Gasteiger partial charge is 0.209 e. The van der Waals surface area contributed by atoms with E-state index in [0.29, 0.717) is 11.0 Å². The van der Waals surface area contributed by atoms with Crippen molar-refractivity contribution in [2.24, 2.45) is 0 Å². The van der Waals surface area contributed by atoms with Gasteiger partial charge in [0.15, 0.2) is 11.6 Å². The molecule has 136 valence electrons. The van der Waals surface area contributed by atoms with E-state index in [4.69, 9.17) is 0 Å². The monoisotopic (exact) mass is 440 g/mol. The van der Waals surface area contributed by atoms with Crippen LogP contribution in [0.4, 0.5) is 0 Å². The molecule has 2 aromatic heterocycles. The van der Waals surface area contributed by atoms with E-state index >= 15 is 0 Å². The molecule has 0 aliphatic rings. The van der Waals surface area contributed by atoms with Gasteiger partial charge in [0.05, 0.1) is 5.25 Å². The normalized spacial score (nSPS) is 12.4. The molecule has 0 fully saturated rings. The number of aromatic amines is 2. The highest BCUT2D eigenvalue weighted by molar-refractivity contribution is 9.10. The lowest BCUT2D eigenvalue weighted by Gasteiger charge is -2.08. The zero-order chi connectivity index (χ0) is 19.0. The van der Waals surface area contributed by atoms with Crippen LogP contribution in [-0.4, -0.2) is 31.2 Å². The topological polar surface area (TPSA) is 74.4 Å². The molecule has 0 aliphatic carbocycles. The van der Waals surface area contributed by atoms with Gasteiger partial charge in [-0.1, -0.05) is 64.1 Å². The number of fused-ring (bicyclic) bond motifs is 1. The van der Waals surface area contributed by atoms with Crippen LogP contribution >= 0.6 is 27.7 Å². The lowest BCUT2D eigenvalue weighted by molar-refractivity contribution is 0.0995. The molecule has 0 amide bonds. The highest BCUT2D eigenvalue weighted by Gasteiger charge is 2.23. The average molecular weight is 441 g/mol. The van der Waals surface area contributed by atoms with Gasteiger partial charge in [0.25, 0.3) is 0 Å². The molecule has 2 aromatic carbocycles. The number of aryl methyl sites for hydroxylation is 1. The number of carbonyl (C=O) groups excluding carboxylic acids is 1. The Morgan fingerprint density at radius 3 is 2.70 bits per heavy atom. The molecule has 4 rings (SSSR count). The van der Waals surface area contributed by atoms with Gasteiger partial charge in [0.1, 0.15) is 0 Å². The first kappa shape index (κ1) is 18.0. The number of nitrogens with zero attached hydrogens (tertiary/aromatic N) is 2. The van der Waals surface area contributed by atoms with E-state index in [2.05, 4.69) is 36.1 Å². The van der Waals surface area contributed by atoms with Gasteiger partial charge in [-0.25, -0.2) is 4.98 Å². The van der Waals surface area contributed by atoms with E-state index in [1.54, 1.807) is 0 Å². The number of para-hydroxylation sites is 1. The molecule has 0 saturated heterocycles. The minimum Gasteiger partial charge on any atom is -0.358 e. The second kappa shape index (κ2) is 7.32. The predicted octanol–water partition coefficient (Wildman–Crippen LogP) is 5.39. The fourth-order valence-electron chi connectivity index (χ4n) is 3.08. The van der Waals surface area contributed by atoms with Crippen molar-refractivity contribution in [3.05, 3.63) is 64.3 Å². The molecular weight excluding hydrogens is 424 g/mol. The third kappa shape index (κ3) is 3.44. The minimum atomic E-state index is -0.300. The van der Waals surface area contributed by atoms with Crippen molar-refractivity contribution >= 4 is 44.4 Å². The summed E-state index contributed by atoms with van der Waals surface area (Å²) >= 11 is 4.88. The van der Waals surface area contributed by atoms with Gasteiger partial charge < -0.3 is 4.98 Å². The molecule has 2 N–H and O–H groups in total. The molecule has 0 radical (unpaired) electrons. The number of H-pyrrole nitrogens is 2. The third-order valence-electron chi connectivity index (χ3n) is 4.39. The summed E-state index contributed by atoms with van der Waals surface area (Å²) in [6.07, 6.45) is 0. The van der Waals surface area contributed by atoms with E-state index in [1.165, 1.54) is 11.8 Å². The third-order valence-corrected chi connectivity index (χ3v) is 6.04. The summed E-state index contributed by atoms with van der Waals surface area (Å²) in [4.78, 5) is 20.9. The van der Waals surface area contributed by atoms with Crippen molar-refractivity contribution in [2.75, 3.05) is 0 Å². The number of rotatable bonds is 5. The van der Waals surface area contributed by atoms with Crippen molar-refractivity contribution < 1.29 is 4.79 Å². The first-order chi connectivity index (χ1) is 13.0. The number of carbonyl (C=O) groups is 1. The summed E-state index contributed by atoms with van der Waals surface area (Å²) in [6, 6.07) is 15.7. The number of nitrogens with one attached hydrogen (secondary N) is 2. The Bertz CT molecular complexity index is 1130. The Balaban J connectivity index is 1.57. The summed E-state index contributed by atoms with van der Waals surface area (Å²) in [5, 5.41) is 8.43. The predicted molar refractivity (Wildman–Crippen MR) is 112 cm³/mol. The maximum absolute atomic E-state index is 13.1. The lowest BCUT2D eigenvalue weighted by atomic mass is 10.1. The van der Waals surface area contributed by atoms with Gasteiger partial charge in [-0.15, -0.1) is 5.10 Å². The van der Waals surface area contributed by atoms with Crippen LogP contribution in [0.25, 0.3) is 22.3 Å². The lowest BCUT2D eigenvalue weighted by Crippen LogP contribution is -2.14. The van der Waals surface area contributed by atoms with Crippen molar-refractivity contribution in [1.82, 2.24) is 20.2 Å². The van der Waals surface area contributed by atoms with E-state index < -0.39 is 0 Å². The van der Waals surface area contributed by atoms with E-state index in [-0.39, 0.29) is 11.0 Å². The van der Waals surface area contributed by atoms with Gasteiger partial charge in [0.2, 0.25) is 5.16 Å². The van der Waals surface area contributed by atoms with Crippen molar-refractivity contribution in [3.8, 4) is 11.4 Å². The van der Waals surface area contributed by atoms with Crippen molar-refractivity contribution in [3.63, 3.8) is 0 Å². The number of halogens is 1. The molecule has 1 unspecified atom stereocenters. The second-order valence-corrected chi connectivity index (χ2v) is 8.40. The van der Waals surface area contributed by atoms with E-state index in [9.17, 15) is 4.79 Å². The van der Waals surface area contributed by atoms with Crippen LogP contribution in [-0.2, 0) is 0 Å². The maximum Gasteiger partial charge on any atom is 0.209 e. The molecular formula is C20H17BrN4OS. The fraction of sp³-hybridized carbons (Fsp3) is 0.150. The minimum absolute atomic E-state index is 0.0715. The Hall–Kier alpha value is -2.38. The number of hydrogen-bond donors (Lipinski definition) is 2. The zero-order valence-corrected chi connectivity index (χ0v) is 17.2. The standard InChI is InChI=1S/C20H17BrN4OS/c1-11-17(14-8-4-6-10-16(14)22-11)18(26)12(2)27-20-23-19(24-25-20)13-7-3-5-9-15(13)21/h3-10,12,22H,1-2H3,(H,23,24,25). The first-order valence-electron chi connectivity index (χ1n) is 8.50. The maximum atomic E-state index is 13.1. The second-order valence-electron chi connectivity index (χ2n) is 6.24. The molecule has 7 heteroatoms. The SMILES string of the molecule is Cc1[nH]c2ccccc2c1C(=O)C(C)Sc1n[nH]c(-c2ccccc2Br)n1. The highest BCUT2D eigenvalue weighted by atomic mass is 79.9. The van der Waals surface area contributed by atoms with Crippen LogP contribution < -0.4 is 0 Å². The largest absolute Gasteiger partial charge is 0.358 e. The van der Waals surface area contributed by atoms with E-state index in [1.807, 2.05) is 62.4 Å². The fourth-order valence-corrected chi connectivity index (χ4v) is 4.34. The summed E-state index contributed by atoms with van der Waals surface area (Å²) in [5.74, 6) is 0.745. The van der Waals surface area contributed by atoms with Gasteiger partial charge in [0, 0.05) is 32.2 Å². The number of benzene rings is 2. The number of hydrogen-bond acceptors (Lipinski definition) is 4. The van der Waals surface area contributed by atoms with Crippen LogP contribution in [0.5, 0.6) is 0 Å². The van der Waals surface area contributed by atoms with Crippen molar-refractivity contribution in [1.29, 1.82) is 0 Å². The highest BCUT2D eigenvalue weighted by Crippen LogP contribution is 2.30. The Kier molecular flexibility index (Phi) is 4.88. The molecule has 1 atom stereocenters. The van der Waals surface area contributed by atoms with Gasteiger partial charge in [-0.3, -0.25) is 9.89 Å². The Morgan fingerprint density at radius 1 is 1.15 bits per heavy atom. The van der Waals surface area contributed by atoms with Crippen molar-refractivity contribution in [2.45, 2.75) is 24.3 Å². The summed E-state index contributed by atoms with van der Waals surface area (Å²) < 4.78 is 0.941. The van der Waals surface area contributed by atoms with Gasteiger partial charge in [-0.2, -0.15) is 0 Å². The zero-order valence-electron chi connectivity index (χ0n) is 14.8. The summed E-state index contributed by atoms with van der Waals surface area (Å²) in [6.45, 7) is 3.82. The molecule has 4 aromatic rings. The quantitative estimate of drug-likeness (QED) is 0.322. The number of thioether (sulfide) groups is 1. The van der Waals surface area contributed by atoms with Crippen LogP contribution in [0.1, 0.15) is 23.0 Å². The molecule has 27 heavy (non-hydrogen) atoms. The molecule has 0 saturated carbocycles. The van der Waals surface area contributed by atoms with Crippen LogP contribution in [0.2, 0.25) is 0 Å². The summed E-state index contributed by atoms with van der Waals surface area (Å²) in [5.41, 5.74) is 3.54. The van der Waals surface area contributed by atoms with Crippen LogP contribution in [0.3, 0.4) is 0 Å². The van der Waals surface area contributed by atoms with E-state index in [0.717, 1.165) is 32.2 Å². The molecule has 0 spiro atoms. The van der Waals surface area contributed by atoms with Gasteiger partial charge in [-0.05, 0) is 26.0 Å². The van der Waals surface area contributed by atoms with Crippen LogP contribution in [0.15, 0.2) is 58.2 Å². The molecule has 2 heterocycles. The molecule has 5 nitrogen and oxygen atoms in total. The first-order valence-corrected chi connectivity index (χ1v) is 10.2. The molecule has 0 aliphatic heterocycles. The molecule has 0 bridgehead atoms. The van der Waals surface area contributed by atoms with Gasteiger partial charge >= 0.3 is 0 Å². The Labute approximate surface area is 169 Å². The number of Topliss-reactive ketones (excluding diaryl/α,β-unsaturated/α-hetero) is 1. The number of aromatic nitrogens is 4. The average Bonchev–Trinajstić information content (AvgIpc) is 3.25. The van der Waals surface area contributed by atoms with Crippen LogP contribution in [0, 0.1) is 6.92 Å². The Morgan fingerprint density at radius 2 is 1.89 bits per heavy atom.